The summed E-state index contributed by atoms with van der Waals surface area (Å²) in [6.07, 6.45) is 5.46. The van der Waals surface area contributed by atoms with Gasteiger partial charge in [0.2, 0.25) is 0 Å². The van der Waals surface area contributed by atoms with Gasteiger partial charge in [-0.3, -0.25) is 4.79 Å². The number of amides is 1. The van der Waals surface area contributed by atoms with Crippen molar-refractivity contribution in [1.29, 1.82) is 0 Å². The van der Waals surface area contributed by atoms with E-state index in [1.54, 1.807) is 18.3 Å². The lowest BCUT2D eigenvalue weighted by Crippen LogP contribution is -2.49. The largest absolute Gasteiger partial charge is 0.459 e. The van der Waals surface area contributed by atoms with Crippen molar-refractivity contribution in [1.82, 2.24) is 5.43 Å². The highest BCUT2D eigenvalue weighted by Crippen LogP contribution is 2.41. The molecule has 142 valence electrons. The molecule has 0 aliphatic carbocycles. The van der Waals surface area contributed by atoms with Crippen LogP contribution in [0.15, 0.2) is 46.1 Å². The van der Waals surface area contributed by atoms with Gasteiger partial charge in [0.05, 0.1) is 18.0 Å². The summed E-state index contributed by atoms with van der Waals surface area (Å²) >= 11 is 0. The SMILES string of the molecule is CC1=CC(C)(C)N(C(C)C)c2cc(C)c(/C=N\NC(=O)c3ccco3)cc21. The number of nitrogens with one attached hydrogen (secondary N) is 1. The van der Waals surface area contributed by atoms with E-state index in [1.807, 2.05) is 0 Å². The molecule has 1 aromatic heterocycles. The molecule has 0 saturated heterocycles. The van der Waals surface area contributed by atoms with Crippen molar-refractivity contribution >= 4 is 23.4 Å². The Morgan fingerprint density at radius 2 is 2.04 bits per heavy atom. The molecular weight excluding hydrogens is 338 g/mol. The molecule has 2 heterocycles. The van der Waals surface area contributed by atoms with Crippen LogP contribution in [0.25, 0.3) is 5.57 Å². The predicted octanol–water partition coefficient (Wildman–Crippen LogP) is 4.76. The van der Waals surface area contributed by atoms with E-state index in [1.165, 1.54) is 23.1 Å². The summed E-state index contributed by atoms with van der Waals surface area (Å²) < 4.78 is 5.06. The number of hydrogen-bond acceptors (Lipinski definition) is 4. The minimum absolute atomic E-state index is 0.0374. The number of carbonyl (C=O) groups is 1. The number of hydrogen-bond donors (Lipinski definition) is 1. The summed E-state index contributed by atoms with van der Waals surface area (Å²) in [5.74, 6) is -0.126. The number of aryl methyl sites for hydroxylation is 1. The van der Waals surface area contributed by atoms with E-state index in [0.29, 0.717) is 6.04 Å². The highest BCUT2D eigenvalue weighted by Gasteiger charge is 2.33. The minimum atomic E-state index is -0.365. The van der Waals surface area contributed by atoms with E-state index in [2.05, 4.69) is 75.2 Å². The number of furan rings is 1. The normalized spacial score (nSPS) is 15.8. The zero-order chi connectivity index (χ0) is 19.8. The Labute approximate surface area is 160 Å². The number of rotatable bonds is 4. The molecule has 27 heavy (non-hydrogen) atoms. The average molecular weight is 365 g/mol. The quantitative estimate of drug-likeness (QED) is 0.628. The van der Waals surface area contributed by atoms with Crippen LogP contribution in [0.2, 0.25) is 0 Å². The molecule has 0 spiro atoms. The van der Waals surface area contributed by atoms with Crippen molar-refractivity contribution in [2.24, 2.45) is 5.10 Å². The molecule has 1 amide bonds. The fraction of sp³-hybridized carbons (Fsp3) is 0.364. The third kappa shape index (κ3) is 3.68. The molecule has 2 aromatic rings. The van der Waals surface area contributed by atoms with Gasteiger partial charge in [0.25, 0.3) is 0 Å². The zero-order valence-electron chi connectivity index (χ0n) is 16.8. The summed E-state index contributed by atoms with van der Waals surface area (Å²) in [6, 6.07) is 8.01. The van der Waals surface area contributed by atoms with Crippen LogP contribution >= 0.6 is 0 Å². The Morgan fingerprint density at radius 3 is 2.67 bits per heavy atom. The molecule has 3 rings (SSSR count). The molecule has 1 aliphatic heterocycles. The molecule has 1 aliphatic rings. The standard InChI is InChI=1S/C22H27N3O2/c1-14(2)25-19-10-15(3)17(11-18(19)16(4)12-22(25,5)6)13-23-24-21(26)20-8-7-9-27-20/h7-14H,1-6H3,(H,24,26)/b23-13-. The molecule has 5 nitrogen and oxygen atoms in total. The minimum Gasteiger partial charge on any atom is -0.459 e. The van der Waals surface area contributed by atoms with Crippen molar-refractivity contribution in [3.05, 3.63) is 59.1 Å². The van der Waals surface area contributed by atoms with Crippen LogP contribution in [0.5, 0.6) is 0 Å². The summed E-state index contributed by atoms with van der Waals surface area (Å²) in [7, 11) is 0. The highest BCUT2D eigenvalue weighted by molar-refractivity contribution is 5.93. The Hall–Kier alpha value is -2.82. The number of benzene rings is 1. The van der Waals surface area contributed by atoms with Gasteiger partial charge in [0.15, 0.2) is 5.76 Å². The lowest BCUT2D eigenvalue weighted by Gasteiger charge is -2.46. The smallest absolute Gasteiger partial charge is 0.307 e. The maximum atomic E-state index is 11.9. The molecule has 0 bridgehead atoms. The topological polar surface area (TPSA) is 57.8 Å². The Morgan fingerprint density at radius 1 is 1.30 bits per heavy atom. The van der Waals surface area contributed by atoms with Gasteiger partial charge in [-0.15, -0.1) is 0 Å². The monoisotopic (exact) mass is 365 g/mol. The molecule has 0 unspecified atom stereocenters. The summed E-state index contributed by atoms with van der Waals surface area (Å²) in [4.78, 5) is 14.4. The van der Waals surface area contributed by atoms with E-state index in [9.17, 15) is 4.79 Å². The van der Waals surface area contributed by atoms with E-state index >= 15 is 0 Å². The fourth-order valence-corrected chi connectivity index (χ4v) is 3.92. The maximum absolute atomic E-state index is 11.9. The third-order valence-electron chi connectivity index (χ3n) is 4.89. The van der Waals surface area contributed by atoms with Crippen LogP contribution in [0.4, 0.5) is 5.69 Å². The average Bonchev–Trinajstić information content (AvgIpc) is 3.09. The first kappa shape index (κ1) is 19.0. The van der Waals surface area contributed by atoms with Crippen molar-refractivity contribution in [3.8, 4) is 0 Å². The van der Waals surface area contributed by atoms with Crippen molar-refractivity contribution in [2.45, 2.75) is 53.1 Å². The Kier molecular flexibility index (Phi) is 4.96. The van der Waals surface area contributed by atoms with Gasteiger partial charge >= 0.3 is 5.91 Å². The number of hydrazone groups is 1. The van der Waals surface area contributed by atoms with Crippen LogP contribution in [-0.2, 0) is 0 Å². The second-order valence-corrected chi connectivity index (χ2v) is 7.85. The van der Waals surface area contributed by atoms with Crippen molar-refractivity contribution < 1.29 is 9.21 Å². The van der Waals surface area contributed by atoms with E-state index in [4.69, 9.17) is 4.42 Å². The molecule has 1 aromatic carbocycles. The van der Waals surface area contributed by atoms with Gasteiger partial charge in [-0.05, 0) is 82.5 Å². The Bertz CT molecular complexity index is 906. The molecule has 0 radical (unpaired) electrons. The first-order valence-corrected chi connectivity index (χ1v) is 9.21. The number of fused-ring (bicyclic) bond motifs is 1. The van der Waals surface area contributed by atoms with Crippen molar-refractivity contribution in [2.75, 3.05) is 4.90 Å². The van der Waals surface area contributed by atoms with Gasteiger partial charge in [-0.1, -0.05) is 6.08 Å². The predicted molar refractivity (Wildman–Crippen MR) is 110 cm³/mol. The van der Waals surface area contributed by atoms with Gasteiger partial charge in [-0.2, -0.15) is 5.10 Å². The molecule has 5 heteroatoms. The van der Waals surface area contributed by atoms with Crippen LogP contribution in [0.1, 0.15) is 61.9 Å². The number of anilines is 1. The molecule has 0 saturated carbocycles. The molecule has 0 atom stereocenters. The van der Waals surface area contributed by atoms with Crippen LogP contribution in [0.3, 0.4) is 0 Å². The summed E-state index contributed by atoms with van der Waals surface area (Å²) in [5, 5.41) is 4.10. The lowest BCUT2D eigenvalue weighted by atomic mass is 9.86. The van der Waals surface area contributed by atoms with Gasteiger partial charge in [0, 0.05) is 17.3 Å². The zero-order valence-corrected chi connectivity index (χ0v) is 16.8. The summed E-state index contributed by atoms with van der Waals surface area (Å²) in [6.45, 7) is 13.1. The van der Waals surface area contributed by atoms with Crippen LogP contribution in [0, 0.1) is 6.92 Å². The van der Waals surface area contributed by atoms with E-state index < -0.39 is 0 Å². The second-order valence-electron chi connectivity index (χ2n) is 7.85. The third-order valence-corrected chi connectivity index (χ3v) is 4.89. The van der Waals surface area contributed by atoms with Crippen LogP contribution < -0.4 is 10.3 Å². The fourth-order valence-electron chi connectivity index (χ4n) is 3.92. The van der Waals surface area contributed by atoms with Crippen LogP contribution in [-0.4, -0.2) is 23.7 Å². The van der Waals surface area contributed by atoms with E-state index in [-0.39, 0.29) is 17.2 Å². The summed E-state index contributed by atoms with van der Waals surface area (Å²) in [5.41, 5.74) is 8.25. The number of carbonyl (C=O) groups excluding carboxylic acids is 1. The molecule has 0 fully saturated rings. The molecule has 1 N–H and O–H groups in total. The first-order chi connectivity index (χ1) is 12.7. The number of nitrogens with zero attached hydrogens (tertiary/aromatic N) is 2. The van der Waals surface area contributed by atoms with Gasteiger partial charge in [0.1, 0.15) is 0 Å². The second kappa shape index (κ2) is 7.06. The molecular formula is C22H27N3O2. The maximum Gasteiger partial charge on any atom is 0.307 e. The van der Waals surface area contributed by atoms with E-state index in [0.717, 1.165) is 11.1 Å². The first-order valence-electron chi connectivity index (χ1n) is 9.21. The number of allylic oxidation sites excluding steroid dienone is 1. The van der Waals surface area contributed by atoms with Gasteiger partial charge in [-0.25, -0.2) is 5.43 Å². The Balaban J connectivity index is 1.91. The highest BCUT2D eigenvalue weighted by atomic mass is 16.3. The lowest BCUT2D eigenvalue weighted by molar-refractivity contribution is 0.0927. The van der Waals surface area contributed by atoms with Crippen molar-refractivity contribution in [3.63, 3.8) is 0 Å². The van der Waals surface area contributed by atoms with Gasteiger partial charge < -0.3 is 9.32 Å².